The molecule has 0 aromatic heterocycles. The summed E-state index contributed by atoms with van der Waals surface area (Å²) in [6.07, 6.45) is 8.92. The Balaban J connectivity index is 1.44. The number of nitrogens with zero attached hydrogens (tertiary/aromatic N) is 1. The molecule has 8 heteroatoms. The van der Waals surface area contributed by atoms with Gasteiger partial charge in [-0.3, -0.25) is 9.59 Å². The van der Waals surface area contributed by atoms with E-state index in [1.165, 1.54) is 19.3 Å². The topological polar surface area (TPSA) is 99.8 Å². The standard InChI is InChI=1S/C23H34N4O4/c1-31-20-13-12-18(16-19(20)27-15-6-5-11-22(27)29)25-21(28)10-7-14-24-23(30)26-17-8-3-2-4-9-17/h12-13,16-17H,2-11,14-15H2,1H3,(H,25,28)(H2,24,26,30). The highest BCUT2D eigenvalue weighted by molar-refractivity contribution is 5.97. The summed E-state index contributed by atoms with van der Waals surface area (Å²) in [5.74, 6) is 0.558. The predicted molar refractivity (Wildman–Crippen MR) is 120 cm³/mol. The van der Waals surface area contributed by atoms with Crippen LogP contribution >= 0.6 is 0 Å². The number of nitrogens with one attached hydrogen (secondary N) is 3. The van der Waals surface area contributed by atoms with Gasteiger partial charge < -0.3 is 25.6 Å². The summed E-state index contributed by atoms with van der Waals surface area (Å²) in [4.78, 5) is 38.3. The van der Waals surface area contributed by atoms with E-state index in [1.807, 2.05) is 0 Å². The molecule has 1 saturated heterocycles. The van der Waals surface area contributed by atoms with Gasteiger partial charge in [0.25, 0.3) is 0 Å². The van der Waals surface area contributed by atoms with Crippen molar-refractivity contribution in [3.05, 3.63) is 18.2 Å². The maximum atomic E-state index is 12.3. The molecule has 1 saturated carbocycles. The molecule has 0 radical (unpaired) electrons. The summed E-state index contributed by atoms with van der Waals surface area (Å²) in [5, 5.41) is 8.72. The molecule has 31 heavy (non-hydrogen) atoms. The van der Waals surface area contributed by atoms with Gasteiger partial charge in [-0.05, 0) is 50.3 Å². The zero-order valence-electron chi connectivity index (χ0n) is 18.4. The minimum atomic E-state index is -0.154. The second-order valence-electron chi connectivity index (χ2n) is 8.28. The number of carbonyl (C=O) groups excluding carboxylic acids is 3. The van der Waals surface area contributed by atoms with Gasteiger partial charge in [0, 0.05) is 37.7 Å². The van der Waals surface area contributed by atoms with Gasteiger partial charge in [0.1, 0.15) is 5.75 Å². The first kappa shape index (κ1) is 22.9. The fourth-order valence-corrected chi connectivity index (χ4v) is 4.20. The zero-order valence-corrected chi connectivity index (χ0v) is 18.4. The highest BCUT2D eigenvalue weighted by atomic mass is 16.5. The van der Waals surface area contributed by atoms with E-state index in [9.17, 15) is 14.4 Å². The number of hydrogen-bond donors (Lipinski definition) is 3. The quantitative estimate of drug-likeness (QED) is 0.549. The number of urea groups is 1. The Morgan fingerprint density at radius 2 is 1.94 bits per heavy atom. The summed E-state index contributed by atoms with van der Waals surface area (Å²) in [7, 11) is 1.57. The fourth-order valence-electron chi connectivity index (χ4n) is 4.20. The molecule has 1 aromatic rings. The van der Waals surface area contributed by atoms with Crippen molar-refractivity contribution in [1.82, 2.24) is 10.6 Å². The first-order valence-corrected chi connectivity index (χ1v) is 11.4. The molecule has 170 valence electrons. The van der Waals surface area contributed by atoms with Gasteiger partial charge in [-0.2, -0.15) is 0 Å². The van der Waals surface area contributed by atoms with Crippen molar-refractivity contribution in [3.8, 4) is 5.75 Å². The summed E-state index contributed by atoms with van der Waals surface area (Å²) in [6.45, 7) is 1.10. The molecule has 0 unspecified atom stereocenters. The van der Waals surface area contributed by atoms with Crippen LogP contribution < -0.4 is 25.6 Å². The molecule has 0 atom stereocenters. The smallest absolute Gasteiger partial charge is 0.315 e. The molecule has 1 aliphatic carbocycles. The summed E-state index contributed by atoms with van der Waals surface area (Å²) >= 11 is 0. The van der Waals surface area contributed by atoms with Crippen molar-refractivity contribution in [2.45, 2.75) is 70.3 Å². The average Bonchev–Trinajstić information content (AvgIpc) is 2.78. The molecule has 1 aliphatic heterocycles. The molecular weight excluding hydrogens is 396 g/mol. The maximum Gasteiger partial charge on any atom is 0.315 e. The molecule has 8 nitrogen and oxygen atoms in total. The number of ether oxygens (including phenoxy) is 1. The monoisotopic (exact) mass is 430 g/mol. The second kappa shape index (κ2) is 11.6. The molecule has 1 aromatic carbocycles. The Labute approximate surface area is 184 Å². The summed E-state index contributed by atoms with van der Waals surface area (Å²) in [6, 6.07) is 5.44. The van der Waals surface area contributed by atoms with E-state index in [1.54, 1.807) is 30.2 Å². The number of rotatable bonds is 8. The molecule has 3 N–H and O–H groups in total. The Bertz CT molecular complexity index is 777. The molecule has 2 aliphatic rings. The molecule has 2 fully saturated rings. The van der Waals surface area contributed by atoms with E-state index in [0.717, 1.165) is 25.7 Å². The van der Waals surface area contributed by atoms with Crippen LogP contribution in [0.4, 0.5) is 16.2 Å². The lowest BCUT2D eigenvalue weighted by Gasteiger charge is -2.28. The van der Waals surface area contributed by atoms with Crippen LogP contribution in [0.5, 0.6) is 5.75 Å². The van der Waals surface area contributed by atoms with E-state index < -0.39 is 0 Å². The number of carbonyl (C=O) groups is 3. The van der Waals surface area contributed by atoms with Gasteiger partial charge in [0.05, 0.1) is 12.8 Å². The van der Waals surface area contributed by atoms with Crippen molar-refractivity contribution >= 4 is 29.2 Å². The number of anilines is 2. The van der Waals surface area contributed by atoms with Crippen molar-refractivity contribution in [3.63, 3.8) is 0 Å². The molecule has 0 spiro atoms. The third-order valence-electron chi connectivity index (χ3n) is 5.88. The van der Waals surface area contributed by atoms with Crippen LogP contribution in [-0.2, 0) is 9.59 Å². The predicted octanol–water partition coefficient (Wildman–Crippen LogP) is 3.56. The van der Waals surface area contributed by atoms with Gasteiger partial charge in [-0.15, -0.1) is 0 Å². The van der Waals surface area contributed by atoms with Crippen molar-refractivity contribution in [1.29, 1.82) is 0 Å². The number of amides is 4. The second-order valence-corrected chi connectivity index (χ2v) is 8.28. The van der Waals surface area contributed by atoms with Crippen LogP contribution in [0.3, 0.4) is 0 Å². The summed E-state index contributed by atoms with van der Waals surface area (Å²) < 4.78 is 5.41. The van der Waals surface area contributed by atoms with Crippen molar-refractivity contribution < 1.29 is 19.1 Å². The van der Waals surface area contributed by atoms with E-state index in [4.69, 9.17) is 4.74 Å². The lowest BCUT2D eigenvalue weighted by Crippen LogP contribution is -2.43. The fraction of sp³-hybridized carbons (Fsp3) is 0.609. The largest absolute Gasteiger partial charge is 0.495 e. The normalized spacial score (nSPS) is 17.2. The van der Waals surface area contributed by atoms with Crippen LogP contribution in [0.1, 0.15) is 64.2 Å². The average molecular weight is 431 g/mol. The SMILES string of the molecule is COc1ccc(NC(=O)CCCNC(=O)NC2CCCCC2)cc1N1CCCCC1=O. The Morgan fingerprint density at radius 1 is 1.13 bits per heavy atom. The third kappa shape index (κ3) is 6.87. The number of benzene rings is 1. The molecule has 3 rings (SSSR count). The molecule has 0 bridgehead atoms. The summed E-state index contributed by atoms with van der Waals surface area (Å²) in [5.41, 5.74) is 1.31. The van der Waals surface area contributed by atoms with Gasteiger partial charge >= 0.3 is 6.03 Å². The van der Waals surface area contributed by atoms with Crippen LogP contribution in [0.2, 0.25) is 0 Å². The Hall–Kier alpha value is -2.77. The first-order chi connectivity index (χ1) is 15.1. The van der Waals surface area contributed by atoms with E-state index in [0.29, 0.717) is 49.5 Å². The van der Waals surface area contributed by atoms with Gasteiger partial charge in [-0.25, -0.2) is 4.79 Å². The van der Waals surface area contributed by atoms with E-state index >= 15 is 0 Å². The van der Waals surface area contributed by atoms with Crippen LogP contribution in [0.25, 0.3) is 0 Å². The lowest BCUT2D eigenvalue weighted by molar-refractivity contribution is -0.119. The maximum absolute atomic E-state index is 12.3. The van der Waals surface area contributed by atoms with Crippen LogP contribution in [-0.4, -0.2) is 44.1 Å². The molecule has 4 amide bonds. The molecule has 1 heterocycles. The number of methoxy groups -OCH3 is 1. The van der Waals surface area contributed by atoms with Gasteiger partial charge in [0.2, 0.25) is 11.8 Å². The third-order valence-corrected chi connectivity index (χ3v) is 5.88. The van der Waals surface area contributed by atoms with Crippen LogP contribution in [0, 0.1) is 0 Å². The number of piperidine rings is 1. The highest BCUT2D eigenvalue weighted by Gasteiger charge is 2.23. The van der Waals surface area contributed by atoms with Crippen molar-refractivity contribution in [2.75, 3.05) is 30.4 Å². The van der Waals surface area contributed by atoms with E-state index in [2.05, 4.69) is 16.0 Å². The molecular formula is C23H34N4O4. The van der Waals surface area contributed by atoms with E-state index in [-0.39, 0.29) is 23.9 Å². The zero-order chi connectivity index (χ0) is 22.1. The van der Waals surface area contributed by atoms with Gasteiger partial charge in [0.15, 0.2) is 0 Å². The Kier molecular flexibility index (Phi) is 8.55. The first-order valence-electron chi connectivity index (χ1n) is 11.4. The highest BCUT2D eigenvalue weighted by Crippen LogP contribution is 2.33. The van der Waals surface area contributed by atoms with Gasteiger partial charge in [-0.1, -0.05) is 19.3 Å². The Morgan fingerprint density at radius 3 is 2.68 bits per heavy atom. The minimum Gasteiger partial charge on any atom is -0.495 e. The lowest BCUT2D eigenvalue weighted by atomic mass is 9.96. The number of hydrogen-bond acceptors (Lipinski definition) is 4. The van der Waals surface area contributed by atoms with Crippen molar-refractivity contribution in [2.24, 2.45) is 0 Å². The van der Waals surface area contributed by atoms with Crippen LogP contribution in [0.15, 0.2) is 18.2 Å². The minimum absolute atomic E-state index is 0.0746.